The average molecular weight is 330 g/mol. The van der Waals surface area contributed by atoms with Crippen molar-refractivity contribution in [3.63, 3.8) is 0 Å². The lowest BCUT2D eigenvalue weighted by Crippen LogP contribution is -2.41. The van der Waals surface area contributed by atoms with Crippen molar-refractivity contribution >= 4 is 17.5 Å². The first-order valence-corrected chi connectivity index (χ1v) is 7.30. The van der Waals surface area contributed by atoms with Crippen molar-refractivity contribution in [3.05, 3.63) is 53.8 Å². The Morgan fingerprint density at radius 2 is 1.88 bits per heavy atom. The van der Waals surface area contributed by atoms with Crippen LogP contribution in [0, 0.1) is 5.82 Å². The number of ether oxygens (including phenoxy) is 2. The monoisotopic (exact) mass is 330 g/mol. The third kappa shape index (κ3) is 3.29. The Labute approximate surface area is 137 Å². The van der Waals surface area contributed by atoms with Crippen molar-refractivity contribution in [2.75, 3.05) is 12.1 Å². The minimum Gasteiger partial charge on any atom is -0.454 e. The highest BCUT2D eigenvalue weighted by Crippen LogP contribution is 2.32. The van der Waals surface area contributed by atoms with Gasteiger partial charge in [-0.15, -0.1) is 0 Å². The van der Waals surface area contributed by atoms with Gasteiger partial charge in [0.1, 0.15) is 11.9 Å². The summed E-state index contributed by atoms with van der Waals surface area (Å²) in [6, 6.07) is 9.71. The third-order valence-electron chi connectivity index (χ3n) is 3.51. The van der Waals surface area contributed by atoms with E-state index in [1.807, 2.05) is 0 Å². The van der Waals surface area contributed by atoms with Crippen LogP contribution in [0.4, 0.5) is 10.1 Å². The Kier molecular flexibility index (Phi) is 4.33. The molecule has 0 bridgehead atoms. The van der Waals surface area contributed by atoms with E-state index in [1.54, 1.807) is 24.3 Å². The second-order valence-corrected chi connectivity index (χ2v) is 5.23. The smallest absolute Gasteiger partial charge is 0.252 e. The largest absolute Gasteiger partial charge is 0.454 e. The molecular weight excluding hydrogens is 315 g/mol. The number of hydrogen-bond donors (Lipinski definition) is 2. The molecule has 0 fully saturated rings. The molecule has 7 heteroatoms. The molecule has 1 atom stereocenters. The Bertz CT molecular complexity index is 794. The lowest BCUT2D eigenvalue weighted by molar-refractivity contribution is -0.117. The van der Waals surface area contributed by atoms with Crippen molar-refractivity contribution in [2.45, 2.75) is 13.0 Å². The summed E-state index contributed by atoms with van der Waals surface area (Å²) in [6.07, 6.45) is 0. The Morgan fingerprint density at radius 1 is 1.12 bits per heavy atom. The number of para-hydroxylation sites is 1. The maximum Gasteiger partial charge on any atom is 0.252 e. The second kappa shape index (κ2) is 6.57. The number of benzene rings is 2. The standard InChI is InChI=1S/C17H15FN2O4/c1-10(16(21)20-13-5-3-2-4-12(13)18)19-17(22)11-6-7-14-15(8-11)24-9-23-14/h2-8,10H,9H2,1H3,(H,19,22)(H,20,21). The van der Waals surface area contributed by atoms with Gasteiger partial charge >= 0.3 is 0 Å². The van der Waals surface area contributed by atoms with Gasteiger partial charge < -0.3 is 20.1 Å². The Morgan fingerprint density at radius 3 is 2.67 bits per heavy atom. The molecule has 6 nitrogen and oxygen atoms in total. The van der Waals surface area contributed by atoms with Gasteiger partial charge in [0.2, 0.25) is 12.7 Å². The average Bonchev–Trinajstić information content (AvgIpc) is 3.04. The van der Waals surface area contributed by atoms with Gasteiger partial charge in [-0.25, -0.2) is 4.39 Å². The van der Waals surface area contributed by atoms with E-state index in [2.05, 4.69) is 10.6 Å². The van der Waals surface area contributed by atoms with Gasteiger partial charge in [0.15, 0.2) is 11.5 Å². The molecule has 2 N–H and O–H groups in total. The summed E-state index contributed by atoms with van der Waals surface area (Å²) in [5, 5.41) is 4.99. The molecule has 124 valence electrons. The minimum atomic E-state index is -0.845. The molecule has 2 aromatic rings. The van der Waals surface area contributed by atoms with E-state index < -0.39 is 23.7 Å². The highest BCUT2D eigenvalue weighted by atomic mass is 19.1. The maximum absolute atomic E-state index is 13.5. The number of carbonyl (C=O) groups is 2. The van der Waals surface area contributed by atoms with Crippen LogP contribution in [-0.2, 0) is 4.79 Å². The lowest BCUT2D eigenvalue weighted by atomic mass is 10.1. The maximum atomic E-state index is 13.5. The number of rotatable bonds is 4. The fourth-order valence-corrected chi connectivity index (χ4v) is 2.19. The summed E-state index contributed by atoms with van der Waals surface area (Å²) in [4.78, 5) is 24.3. The summed E-state index contributed by atoms with van der Waals surface area (Å²) in [5.41, 5.74) is 0.400. The van der Waals surface area contributed by atoms with Crippen LogP contribution in [0.3, 0.4) is 0 Å². The summed E-state index contributed by atoms with van der Waals surface area (Å²) < 4.78 is 23.9. The van der Waals surface area contributed by atoms with Crippen LogP contribution in [0.2, 0.25) is 0 Å². The highest BCUT2D eigenvalue weighted by molar-refractivity contribution is 6.01. The number of nitrogens with one attached hydrogen (secondary N) is 2. The molecule has 1 heterocycles. The Balaban J connectivity index is 1.63. The first-order valence-electron chi connectivity index (χ1n) is 7.30. The summed E-state index contributed by atoms with van der Waals surface area (Å²) in [7, 11) is 0. The second-order valence-electron chi connectivity index (χ2n) is 5.23. The predicted octanol–water partition coefficient (Wildman–Crippen LogP) is 2.31. The zero-order valence-corrected chi connectivity index (χ0v) is 12.8. The Hall–Kier alpha value is -3.09. The van der Waals surface area contributed by atoms with Crippen LogP contribution in [0.1, 0.15) is 17.3 Å². The van der Waals surface area contributed by atoms with Gasteiger partial charge in [-0.1, -0.05) is 12.1 Å². The zero-order valence-electron chi connectivity index (χ0n) is 12.8. The highest BCUT2D eigenvalue weighted by Gasteiger charge is 2.20. The van der Waals surface area contributed by atoms with Crippen LogP contribution in [0.5, 0.6) is 11.5 Å². The van der Waals surface area contributed by atoms with E-state index in [-0.39, 0.29) is 12.5 Å². The van der Waals surface area contributed by atoms with Crippen molar-refractivity contribution < 1.29 is 23.5 Å². The van der Waals surface area contributed by atoms with Gasteiger partial charge in [-0.05, 0) is 37.3 Å². The van der Waals surface area contributed by atoms with E-state index in [1.165, 1.54) is 25.1 Å². The lowest BCUT2D eigenvalue weighted by Gasteiger charge is -2.14. The van der Waals surface area contributed by atoms with Crippen molar-refractivity contribution in [1.82, 2.24) is 5.32 Å². The van der Waals surface area contributed by atoms with E-state index >= 15 is 0 Å². The molecule has 3 rings (SSSR count). The molecule has 0 saturated heterocycles. The van der Waals surface area contributed by atoms with Crippen molar-refractivity contribution in [3.8, 4) is 11.5 Å². The van der Waals surface area contributed by atoms with Crippen molar-refractivity contribution in [1.29, 1.82) is 0 Å². The predicted molar refractivity (Wildman–Crippen MR) is 84.5 cm³/mol. The van der Waals surface area contributed by atoms with Gasteiger partial charge in [0.05, 0.1) is 5.69 Å². The molecule has 1 aliphatic rings. The van der Waals surface area contributed by atoms with E-state index in [0.717, 1.165) is 0 Å². The van der Waals surface area contributed by atoms with E-state index in [0.29, 0.717) is 17.1 Å². The number of halogens is 1. The van der Waals surface area contributed by atoms with Crippen LogP contribution in [0.15, 0.2) is 42.5 Å². The van der Waals surface area contributed by atoms with Gasteiger partial charge in [-0.3, -0.25) is 9.59 Å². The molecule has 24 heavy (non-hydrogen) atoms. The number of fused-ring (bicyclic) bond motifs is 1. The third-order valence-corrected chi connectivity index (χ3v) is 3.51. The van der Waals surface area contributed by atoms with Crippen LogP contribution in [0.25, 0.3) is 0 Å². The summed E-state index contributed by atoms with van der Waals surface area (Å²) in [6.45, 7) is 1.63. The van der Waals surface area contributed by atoms with Crippen molar-refractivity contribution in [2.24, 2.45) is 0 Å². The van der Waals surface area contributed by atoms with Crippen LogP contribution >= 0.6 is 0 Å². The molecule has 0 aromatic heterocycles. The normalized spacial score (nSPS) is 13.2. The number of hydrogen-bond acceptors (Lipinski definition) is 4. The van der Waals surface area contributed by atoms with Gasteiger partial charge in [0, 0.05) is 5.56 Å². The topological polar surface area (TPSA) is 76.7 Å². The number of carbonyl (C=O) groups excluding carboxylic acids is 2. The first kappa shape index (κ1) is 15.8. The molecule has 2 amide bonds. The molecule has 1 aliphatic heterocycles. The summed E-state index contributed by atoms with van der Waals surface area (Å²) >= 11 is 0. The SMILES string of the molecule is CC(NC(=O)c1ccc2c(c1)OCO2)C(=O)Nc1ccccc1F. The quantitative estimate of drug-likeness (QED) is 0.902. The number of anilines is 1. The first-order chi connectivity index (χ1) is 11.5. The molecule has 0 spiro atoms. The van der Waals surface area contributed by atoms with E-state index in [4.69, 9.17) is 9.47 Å². The number of amides is 2. The molecule has 0 radical (unpaired) electrons. The van der Waals surface area contributed by atoms with Gasteiger partial charge in [0.25, 0.3) is 5.91 Å². The molecule has 1 unspecified atom stereocenters. The molecule has 2 aromatic carbocycles. The minimum absolute atomic E-state index is 0.0617. The van der Waals surface area contributed by atoms with E-state index in [9.17, 15) is 14.0 Å². The van der Waals surface area contributed by atoms with Gasteiger partial charge in [-0.2, -0.15) is 0 Å². The molecular formula is C17H15FN2O4. The molecule has 0 saturated carbocycles. The fourth-order valence-electron chi connectivity index (χ4n) is 2.19. The molecule has 0 aliphatic carbocycles. The fraction of sp³-hybridized carbons (Fsp3) is 0.176. The summed E-state index contributed by atoms with van der Waals surface area (Å²) in [5.74, 6) is -0.457. The van der Waals surface area contributed by atoms with Crippen LogP contribution < -0.4 is 20.1 Å². The van der Waals surface area contributed by atoms with Crippen LogP contribution in [-0.4, -0.2) is 24.6 Å². The zero-order chi connectivity index (χ0) is 17.1.